The highest BCUT2D eigenvalue weighted by atomic mass is 79.9. The van der Waals surface area contributed by atoms with Crippen LogP contribution in [0.1, 0.15) is 13.3 Å². The maximum atomic E-state index is 10.9. The second-order valence-electron chi connectivity index (χ2n) is 3.77. The van der Waals surface area contributed by atoms with Crippen LogP contribution in [-0.2, 0) is 9.53 Å². The molecule has 1 unspecified atom stereocenters. The van der Waals surface area contributed by atoms with Crippen LogP contribution in [0, 0.1) is 10.1 Å². The SMILES string of the molecule is CCOC(CCOc1cccc([N+](=O)[O-])c1Br)C(=O)O. The molecule has 7 nitrogen and oxygen atoms in total. The van der Waals surface area contributed by atoms with Crippen molar-refractivity contribution in [1.29, 1.82) is 0 Å². The Bertz CT molecular complexity index is 493. The normalized spacial score (nSPS) is 11.9. The Labute approximate surface area is 123 Å². The van der Waals surface area contributed by atoms with Gasteiger partial charge in [0.1, 0.15) is 10.2 Å². The van der Waals surface area contributed by atoms with Gasteiger partial charge < -0.3 is 14.6 Å². The van der Waals surface area contributed by atoms with Gasteiger partial charge in [0.05, 0.1) is 11.5 Å². The van der Waals surface area contributed by atoms with E-state index in [9.17, 15) is 14.9 Å². The van der Waals surface area contributed by atoms with Crippen molar-refractivity contribution in [3.63, 3.8) is 0 Å². The monoisotopic (exact) mass is 347 g/mol. The number of hydrogen-bond donors (Lipinski definition) is 1. The summed E-state index contributed by atoms with van der Waals surface area (Å²) in [5.41, 5.74) is -0.109. The van der Waals surface area contributed by atoms with Crippen LogP contribution in [-0.4, -0.2) is 35.3 Å². The van der Waals surface area contributed by atoms with Gasteiger partial charge in [-0.1, -0.05) is 6.07 Å². The van der Waals surface area contributed by atoms with Gasteiger partial charge in [-0.25, -0.2) is 4.79 Å². The molecule has 110 valence electrons. The maximum absolute atomic E-state index is 10.9. The van der Waals surface area contributed by atoms with Crippen molar-refractivity contribution in [2.75, 3.05) is 13.2 Å². The predicted octanol–water partition coefficient (Wildman–Crippen LogP) is 2.62. The van der Waals surface area contributed by atoms with E-state index in [1.54, 1.807) is 13.0 Å². The predicted molar refractivity (Wildman–Crippen MR) is 74.0 cm³/mol. The van der Waals surface area contributed by atoms with Crippen LogP contribution < -0.4 is 4.74 Å². The third kappa shape index (κ3) is 4.46. The lowest BCUT2D eigenvalue weighted by Crippen LogP contribution is -2.26. The molecule has 0 heterocycles. The lowest BCUT2D eigenvalue weighted by molar-refractivity contribution is -0.385. The van der Waals surface area contributed by atoms with E-state index in [1.807, 2.05) is 0 Å². The van der Waals surface area contributed by atoms with Gasteiger partial charge in [0.2, 0.25) is 0 Å². The van der Waals surface area contributed by atoms with E-state index in [4.69, 9.17) is 14.6 Å². The van der Waals surface area contributed by atoms with E-state index in [-0.39, 0.29) is 29.8 Å². The molecule has 0 aliphatic carbocycles. The number of halogens is 1. The smallest absolute Gasteiger partial charge is 0.332 e. The van der Waals surface area contributed by atoms with Gasteiger partial charge in [0, 0.05) is 19.1 Å². The van der Waals surface area contributed by atoms with E-state index in [1.165, 1.54) is 12.1 Å². The summed E-state index contributed by atoms with van der Waals surface area (Å²) in [6.07, 6.45) is -0.796. The molecule has 1 aromatic carbocycles. The van der Waals surface area contributed by atoms with Gasteiger partial charge in [-0.2, -0.15) is 0 Å². The summed E-state index contributed by atoms with van der Waals surface area (Å²) < 4.78 is 10.6. The van der Waals surface area contributed by atoms with Crippen LogP contribution >= 0.6 is 15.9 Å². The molecule has 1 aromatic rings. The average molecular weight is 348 g/mol. The fraction of sp³-hybridized carbons (Fsp3) is 0.417. The van der Waals surface area contributed by atoms with Crippen LogP contribution in [0.3, 0.4) is 0 Å². The van der Waals surface area contributed by atoms with Crippen molar-refractivity contribution >= 4 is 27.6 Å². The molecule has 20 heavy (non-hydrogen) atoms. The van der Waals surface area contributed by atoms with Crippen molar-refractivity contribution in [3.05, 3.63) is 32.8 Å². The highest BCUT2D eigenvalue weighted by Gasteiger charge is 2.19. The Hall–Kier alpha value is -1.67. The van der Waals surface area contributed by atoms with Crippen molar-refractivity contribution in [2.24, 2.45) is 0 Å². The lowest BCUT2D eigenvalue weighted by atomic mass is 10.2. The van der Waals surface area contributed by atoms with Gasteiger partial charge in [-0.3, -0.25) is 10.1 Å². The first-order valence-electron chi connectivity index (χ1n) is 5.87. The number of carboxylic acid groups (broad SMARTS) is 1. The van der Waals surface area contributed by atoms with Crippen LogP contribution in [0.5, 0.6) is 5.75 Å². The number of nitrogens with zero attached hydrogens (tertiary/aromatic N) is 1. The molecule has 1 atom stereocenters. The summed E-state index contributed by atoms with van der Waals surface area (Å²) in [7, 11) is 0. The van der Waals surface area contributed by atoms with Gasteiger partial charge in [-0.05, 0) is 28.9 Å². The number of benzene rings is 1. The maximum Gasteiger partial charge on any atom is 0.332 e. The number of carbonyl (C=O) groups is 1. The topological polar surface area (TPSA) is 98.9 Å². The van der Waals surface area contributed by atoms with E-state index < -0.39 is 17.0 Å². The first kappa shape index (κ1) is 16.4. The lowest BCUT2D eigenvalue weighted by Gasteiger charge is -2.13. The molecule has 0 aromatic heterocycles. The van der Waals surface area contributed by atoms with Crippen LogP contribution in [0.2, 0.25) is 0 Å². The Balaban J connectivity index is 2.64. The second-order valence-corrected chi connectivity index (χ2v) is 4.56. The number of rotatable bonds is 8. The molecule has 0 radical (unpaired) electrons. The number of hydrogen-bond acceptors (Lipinski definition) is 5. The highest BCUT2D eigenvalue weighted by Crippen LogP contribution is 2.33. The Morgan fingerprint density at radius 3 is 2.80 bits per heavy atom. The van der Waals surface area contributed by atoms with Gasteiger partial charge in [0.15, 0.2) is 6.10 Å². The Morgan fingerprint density at radius 1 is 1.55 bits per heavy atom. The van der Waals surface area contributed by atoms with E-state index in [0.29, 0.717) is 5.75 Å². The number of nitro groups is 1. The molecule has 0 amide bonds. The van der Waals surface area contributed by atoms with Crippen molar-refractivity contribution in [3.8, 4) is 5.75 Å². The molecule has 1 rings (SSSR count). The molecule has 0 aliphatic rings. The number of aliphatic carboxylic acids is 1. The highest BCUT2D eigenvalue weighted by molar-refractivity contribution is 9.10. The van der Waals surface area contributed by atoms with Gasteiger partial charge >= 0.3 is 5.97 Å². The van der Waals surface area contributed by atoms with E-state index >= 15 is 0 Å². The fourth-order valence-electron chi connectivity index (χ4n) is 1.51. The molecule has 0 aliphatic heterocycles. The third-order valence-corrected chi connectivity index (χ3v) is 3.22. The van der Waals surface area contributed by atoms with Crippen molar-refractivity contribution in [2.45, 2.75) is 19.4 Å². The first-order chi connectivity index (χ1) is 9.47. The van der Waals surface area contributed by atoms with Crippen LogP contribution in [0.25, 0.3) is 0 Å². The minimum absolute atomic E-state index is 0.0801. The minimum Gasteiger partial charge on any atom is -0.492 e. The van der Waals surface area contributed by atoms with Crippen molar-refractivity contribution < 1.29 is 24.3 Å². The largest absolute Gasteiger partial charge is 0.492 e. The van der Waals surface area contributed by atoms with Crippen LogP contribution in [0.15, 0.2) is 22.7 Å². The van der Waals surface area contributed by atoms with Crippen LogP contribution in [0.4, 0.5) is 5.69 Å². The van der Waals surface area contributed by atoms with Gasteiger partial charge in [0.25, 0.3) is 5.69 Å². The first-order valence-corrected chi connectivity index (χ1v) is 6.66. The summed E-state index contributed by atoms with van der Waals surface area (Å²) >= 11 is 3.09. The van der Waals surface area contributed by atoms with Gasteiger partial charge in [-0.15, -0.1) is 0 Å². The summed E-state index contributed by atoms with van der Waals surface area (Å²) in [5, 5.41) is 19.6. The molecule has 0 saturated heterocycles. The molecular formula is C12H14BrNO6. The Kier molecular flexibility index (Phi) is 6.40. The zero-order chi connectivity index (χ0) is 15.1. The quantitative estimate of drug-likeness (QED) is 0.573. The van der Waals surface area contributed by atoms with E-state index in [2.05, 4.69) is 15.9 Å². The zero-order valence-corrected chi connectivity index (χ0v) is 12.3. The van der Waals surface area contributed by atoms with Crippen molar-refractivity contribution in [1.82, 2.24) is 0 Å². The van der Waals surface area contributed by atoms with E-state index in [0.717, 1.165) is 0 Å². The molecule has 8 heteroatoms. The molecule has 0 saturated carbocycles. The Morgan fingerprint density at radius 2 is 2.25 bits per heavy atom. The molecule has 1 N–H and O–H groups in total. The fourth-order valence-corrected chi connectivity index (χ4v) is 2.03. The summed E-state index contributed by atoms with van der Waals surface area (Å²) in [6.45, 7) is 2.07. The summed E-state index contributed by atoms with van der Waals surface area (Å²) in [5.74, 6) is -0.770. The zero-order valence-electron chi connectivity index (χ0n) is 10.7. The minimum atomic E-state index is -1.06. The third-order valence-electron chi connectivity index (χ3n) is 2.42. The molecule has 0 spiro atoms. The standard InChI is InChI=1S/C12H14BrNO6/c1-2-19-10(12(15)16)6-7-20-9-5-3-4-8(11(9)13)14(17)18/h3-5,10H,2,6-7H2,1H3,(H,15,16). The molecule has 0 fully saturated rings. The number of carboxylic acids is 1. The average Bonchev–Trinajstić information content (AvgIpc) is 2.39. The summed E-state index contributed by atoms with van der Waals surface area (Å²) in [6, 6.07) is 4.40. The number of nitro benzene ring substituents is 1. The second kappa shape index (κ2) is 7.81. The molecule has 0 bridgehead atoms. The summed E-state index contributed by atoms with van der Waals surface area (Å²) in [4.78, 5) is 21.1. The number of ether oxygens (including phenoxy) is 2. The molecular weight excluding hydrogens is 334 g/mol.